The second-order valence-electron chi connectivity index (χ2n) is 4.49. The van der Waals surface area contributed by atoms with Crippen molar-refractivity contribution < 1.29 is 23.9 Å². The van der Waals surface area contributed by atoms with Crippen molar-refractivity contribution in [3.63, 3.8) is 0 Å². The smallest absolute Gasteiger partial charge is 0.275 e. The van der Waals surface area contributed by atoms with Crippen LogP contribution in [0.15, 0.2) is 12.1 Å². The van der Waals surface area contributed by atoms with Gasteiger partial charge in [0, 0.05) is 19.1 Å². The summed E-state index contributed by atoms with van der Waals surface area (Å²) in [5.74, 6) is -0.865. The Kier molecular flexibility index (Phi) is 3.68. The van der Waals surface area contributed by atoms with Crippen LogP contribution in [-0.2, 0) is 4.74 Å². The number of aliphatic hydroxyl groups is 1. The molecule has 0 amide bonds. The summed E-state index contributed by atoms with van der Waals surface area (Å²) < 4.78 is 24.1. The summed E-state index contributed by atoms with van der Waals surface area (Å²) in [7, 11) is 1.43. The number of nitro benzene ring substituents is 1. The van der Waals surface area contributed by atoms with E-state index in [1.165, 1.54) is 20.1 Å². The minimum Gasteiger partial charge on any atom is -0.484 e. The summed E-state index contributed by atoms with van der Waals surface area (Å²) >= 11 is 0. The molecule has 1 fully saturated rings. The minimum atomic E-state index is -0.798. The van der Waals surface area contributed by atoms with Crippen LogP contribution < -0.4 is 4.74 Å². The van der Waals surface area contributed by atoms with Crippen LogP contribution >= 0.6 is 0 Å². The molecule has 104 valence electrons. The Morgan fingerprint density at radius 1 is 1.53 bits per heavy atom. The van der Waals surface area contributed by atoms with Crippen molar-refractivity contribution in [1.82, 2.24) is 0 Å². The molecule has 3 atom stereocenters. The Bertz CT molecular complexity index is 507. The molecule has 3 unspecified atom stereocenters. The Morgan fingerprint density at radius 2 is 2.21 bits per heavy atom. The van der Waals surface area contributed by atoms with E-state index in [1.54, 1.807) is 0 Å². The highest BCUT2D eigenvalue weighted by Crippen LogP contribution is 2.32. The van der Waals surface area contributed by atoms with Gasteiger partial charge in [-0.25, -0.2) is 4.39 Å². The number of aliphatic hydroxyl groups excluding tert-OH is 1. The van der Waals surface area contributed by atoms with Crippen molar-refractivity contribution in [1.29, 1.82) is 0 Å². The highest BCUT2D eigenvalue weighted by molar-refractivity contribution is 5.45. The molecule has 0 saturated heterocycles. The number of aryl methyl sites for hydroxylation is 1. The Morgan fingerprint density at radius 3 is 2.74 bits per heavy atom. The van der Waals surface area contributed by atoms with E-state index in [1.807, 2.05) is 0 Å². The zero-order valence-corrected chi connectivity index (χ0v) is 10.5. The van der Waals surface area contributed by atoms with E-state index in [9.17, 15) is 19.6 Å². The summed E-state index contributed by atoms with van der Waals surface area (Å²) in [6.07, 6.45) is -1.24. The number of nitro groups is 1. The van der Waals surface area contributed by atoms with Crippen LogP contribution in [0.2, 0.25) is 0 Å². The van der Waals surface area contributed by atoms with Gasteiger partial charge in [-0.05, 0) is 13.0 Å². The third-order valence-electron chi connectivity index (χ3n) is 3.22. The fraction of sp³-hybridized carbons (Fsp3) is 0.500. The second kappa shape index (κ2) is 5.10. The van der Waals surface area contributed by atoms with E-state index in [4.69, 9.17) is 9.47 Å². The van der Waals surface area contributed by atoms with Crippen LogP contribution in [0.3, 0.4) is 0 Å². The fourth-order valence-electron chi connectivity index (χ4n) is 2.08. The Hall–Kier alpha value is -1.73. The van der Waals surface area contributed by atoms with Gasteiger partial charge in [0.15, 0.2) is 11.6 Å². The molecule has 1 aromatic carbocycles. The van der Waals surface area contributed by atoms with Crippen LogP contribution in [0.1, 0.15) is 12.0 Å². The van der Waals surface area contributed by atoms with Crippen molar-refractivity contribution in [2.75, 3.05) is 7.11 Å². The Balaban J connectivity index is 2.18. The van der Waals surface area contributed by atoms with Crippen LogP contribution in [0.4, 0.5) is 10.1 Å². The van der Waals surface area contributed by atoms with Gasteiger partial charge in [0.2, 0.25) is 0 Å². The minimum absolute atomic E-state index is 0.0675. The third-order valence-corrected chi connectivity index (χ3v) is 3.22. The van der Waals surface area contributed by atoms with E-state index in [0.29, 0.717) is 12.0 Å². The van der Waals surface area contributed by atoms with Crippen molar-refractivity contribution in [2.24, 2.45) is 0 Å². The topological polar surface area (TPSA) is 81.8 Å². The number of rotatable bonds is 4. The van der Waals surface area contributed by atoms with Crippen LogP contribution in [-0.4, -0.2) is 35.5 Å². The molecule has 0 aliphatic heterocycles. The molecule has 7 heteroatoms. The van der Waals surface area contributed by atoms with Gasteiger partial charge in [0.05, 0.1) is 17.1 Å². The maximum atomic E-state index is 13.7. The first kappa shape index (κ1) is 13.7. The molecule has 1 aliphatic rings. The van der Waals surface area contributed by atoms with E-state index >= 15 is 0 Å². The van der Waals surface area contributed by atoms with Crippen LogP contribution in [0.25, 0.3) is 0 Å². The SMILES string of the molecule is COC1C(O)CC1Oc1cc(C)c([N+](=O)[O-])cc1F. The van der Waals surface area contributed by atoms with Gasteiger partial charge < -0.3 is 14.6 Å². The van der Waals surface area contributed by atoms with Crippen LogP contribution in [0.5, 0.6) is 5.75 Å². The number of nitrogens with zero attached hydrogens (tertiary/aromatic N) is 1. The predicted octanol–water partition coefficient (Wildman–Crippen LogP) is 1.57. The number of benzene rings is 1. The van der Waals surface area contributed by atoms with E-state index in [-0.39, 0.29) is 11.4 Å². The number of methoxy groups -OCH3 is 1. The molecule has 2 rings (SSSR count). The molecule has 0 spiro atoms. The molecule has 1 aliphatic carbocycles. The summed E-state index contributed by atoms with van der Waals surface area (Å²) in [6.45, 7) is 1.51. The molecule has 0 bridgehead atoms. The lowest BCUT2D eigenvalue weighted by molar-refractivity contribution is -0.385. The summed E-state index contributed by atoms with van der Waals surface area (Å²) in [6, 6.07) is 2.12. The van der Waals surface area contributed by atoms with E-state index in [2.05, 4.69) is 0 Å². The van der Waals surface area contributed by atoms with Gasteiger partial charge in [-0.15, -0.1) is 0 Å². The first-order valence-electron chi connectivity index (χ1n) is 5.76. The fourth-order valence-corrected chi connectivity index (χ4v) is 2.08. The summed E-state index contributed by atoms with van der Waals surface area (Å²) in [5, 5.41) is 20.1. The van der Waals surface area contributed by atoms with E-state index in [0.717, 1.165) is 6.07 Å². The van der Waals surface area contributed by atoms with Crippen molar-refractivity contribution in [2.45, 2.75) is 31.7 Å². The molecule has 1 N–H and O–H groups in total. The highest BCUT2D eigenvalue weighted by Gasteiger charge is 2.42. The molecule has 19 heavy (non-hydrogen) atoms. The number of ether oxygens (including phenoxy) is 2. The molecule has 1 aromatic rings. The summed E-state index contributed by atoms with van der Waals surface area (Å²) in [5.41, 5.74) is 0.0250. The highest BCUT2D eigenvalue weighted by atomic mass is 19.1. The first-order valence-corrected chi connectivity index (χ1v) is 5.76. The van der Waals surface area contributed by atoms with Gasteiger partial charge >= 0.3 is 0 Å². The van der Waals surface area contributed by atoms with Crippen molar-refractivity contribution >= 4 is 5.69 Å². The molecule has 0 aromatic heterocycles. The average molecular weight is 271 g/mol. The molecule has 6 nitrogen and oxygen atoms in total. The predicted molar refractivity (Wildman–Crippen MR) is 63.6 cm³/mol. The molecule has 0 heterocycles. The normalized spacial score (nSPS) is 25.8. The maximum absolute atomic E-state index is 13.7. The zero-order chi connectivity index (χ0) is 14.2. The van der Waals surface area contributed by atoms with Gasteiger partial charge in [0.25, 0.3) is 5.69 Å². The monoisotopic (exact) mass is 271 g/mol. The van der Waals surface area contributed by atoms with E-state index < -0.39 is 29.1 Å². The summed E-state index contributed by atoms with van der Waals surface area (Å²) in [4.78, 5) is 10.0. The molecular weight excluding hydrogens is 257 g/mol. The zero-order valence-electron chi connectivity index (χ0n) is 10.5. The van der Waals surface area contributed by atoms with Gasteiger partial charge in [-0.2, -0.15) is 0 Å². The second-order valence-corrected chi connectivity index (χ2v) is 4.49. The lowest BCUT2D eigenvalue weighted by Gasteiger charge is -2.40. The number of halogens is 1. The molecule has 0 radical (unpaired) electrons. The van der Waals surface area contributed by atoms with Gasteiger partial charge in [0.1, 0.15) is 12.2 Å². The van der Waals surface area contributed by atoms with Gasteiger partial charge in [-0.1, -0.05) is 0 Å². The number of hydrogen-bond donors (Lipinski definition) is 1. The largest absolute Gasteiger partial charge is 0.484 e. The lowest BCUT2D eigenvalue weighted by atomic mass is 9.88. The first-order chi connectivity index (χ1) is 8.93. The van der Waals surface area contributed by atoms with Crippen molar-refractivity contribution in [3.8, 4) is 5.75 Å². The van der Waals surface area contributed by atoms with Crippen molar-refractivity contribution in [3.05, 3.63) is 33.6 Å². The number of hydrogen-bond acceptors (Lipinski definition) is 5. The average Bonchev–Trinajstić information content (AvgIpc) is 2.32. The van der Waals surface area contributed by atoms with Crippen LogP contribution in [0, 0.1) is 22.9 Å². The molecule has 1 saturated carbocycles. The Labute approximate surface area is 108 Å². The maximum Gasteiger partial charge on any atom is 0.275 e. The molecular formula is C12H14FNO5. The quantitative estimate of drug-likeness (QED) is 0.664. The van der Waals surface area contributed by atoms with Gasteiger partial charge in [-0.3, -0.25) is 10.1 Å². The standard InChI is InChI=1S/C12H14FNO5/c1-6-3-10(7(13)4-8(6)14(16)17)19-11-5-9(15)12(11)18-2/h3-4,9,11-12,15H,5H2,1-2H3. The lowest BCUT2D eigenvalue weighted by Crippen LogP contribution is -2.54. The third kappa shape index (κ3) is 2.52.